The summed E-state index contributed by atoms with van der Waals surface area (Å²) in [6, 6.07) is 9.71. The summed E-state index contributed by atoms with van der Waals surface area (Å²) in [4.78, 5) is 10.2. The summed E-state index contributed by atoms with van der Waals surface area (Å²) in [6.07, 6.45) is 3.29. The highest BCUT2D eigenvalue weighted by Gasteiger charge is 1.95. The number of hydrogen-bond donors (Lipinski definition) is 1. The van der Waals surface area contributed by atoms with Gasteiger partial charge in [-0.2, -0.15) is 0 Å². The summed E-state index contributed by atoms with van der Waals surface area (Å²) in [7, 11) is 0. The molecule has 0 aliphatic heterocycles. The van der Waals surface area contributed by atoms with Gasteiger partial charge in [0.25, 0.3) is 0 Å². The van der Waals surface area contributed by atoms with E-state index in [-0.39, 0.29) is 0 Å². The van der Waals surface area contributed by atoms with Crippen molar-refractivity contribution in [1.29, 1.82) is 0 Å². The second kappa shape index (κ2) is 5.02. The van der Waals surface area contributed by atoms with Crippen molar-refractivity contribution in [2.45, 2.75) is 6.42 Å². The molecule has 0 aromatic heterocycles. The fraction of sp³-hybridized carbons (Fsp3) is 0.0833. The molecule has 0 aliphatic rings. The van der Waals surface area contributed by atoms with Gasteiger partial charge in [-0.05, 0) is 17.6 Å². The number of carbonyl (C=O) groups is 1. The first kappa shape index (κ1) is 10.3. The maximum atomic E-state index is 10.2. The van der Waals surface area contributed by atoms with Crippen molar-refractivity contribution in [3.63, 3.8) is 0 Å². The molecule has 1 aromatic rings. The fourth-order valence-corrected chi connectivity index (χ4v) is 1.09. The highest BCUT2D eigenvalue weighted by molar-refractivity contribution is 5.80. The van der Waals surface area contributed by atoms with Gasteiger partial charge in [0.05, 0.1) is 0 Å². The highest BCUT2D eigenvalue weighted by atomic mass is 16.4. The minimum atomic E-state index is -0.925. The number of carboxylic acid groups (broad SMARTS) is 1. The largest absolute Gasteiger partial charge is 0.478 e. The van der Waals surface area contributed by atoms with Crippen molar-refractivity contribution < 1.29 is 9.90 Å². The van der Waals surface area contributed by atoms with Crippen molar-refractivity contribution in [1.82, 2.24) is 0 Å². The van der Waals surface area contributed by atoms with Gasteiger partial charge in [-0.1, -0.05) is 43.0 Å². The van der Waals surface area contributed by atoms with Gasteiger partial charge in [0.1, 0.15) is 0 Å². The lowest BCUT2D eigenvalue weighted by molar-refractivity contribution is -0.131. The van der Waals surface area contributed by atoms with E-state index < -0.39 is 5.97 Å². The lowest BCUT2D eigenvalue weighted by Gasteiger charge is -2.00. The molecular formula is C12H12O2. The van der Waals surface area contributed by atoms with Crippen molar-refractivity contribution >= 4 is 11.5 Å². The number of rotatable bonds is 4. The van der Waals surface area contributed by atoms with E-state index in [4.69, 9.17) is 5.11 Å². The molecule has 2 heteroatoms. The van der Waals surface area contributed by atoms with E-state index in [9.17, 15) is 4.79 Å². The Morgan fingerprint density at radius 2 is 2.00 bits per heavy atom. The van der Waals surface area contributed by atoms with E-state index >= 15 is 0 Å². The van der Waals surface area contributed by atoms with Crippen molar-refractivity contribution in [2.24, 2.45) is 0 Å². The van der Waals surface area contributed by atoms with E-state index in [0.29, 0.717) is 6.42 Å². The Morgan fingerprint density at radius 1 is 1.36 bits per heavy atom. The molecule has 1 N–H and O–H groups in total. The normalized spacial score (nSPS) is 10.3. The van der Waals surface area contributed by atoms with Crippen LogP contribution in [0.2, 0.25) is 0 Å². The molecule has 1 rings (SSSR count). The third-order valence-electron chi connectivity index (χ3n) is 1.81. The molecular weight excluding hydrogens is 176 g/mol. The number of benzene rings is 1. The van der Waals surface area contributed by atoms with Crippen LogP contribution in [0.15, 0.2) is 49.1 Å². The maximum absolute atomic E-state index is 10.2. The second-order valence-corrected chi connectivity index (χ2v) is 2.91. The van der Waals surface area contributed by atoms with Gasteiger partial charge in [0.15, 0.2) is 0 Å². The van der Waals surface area contributed by atoms with Crippen LogP contribution in [0, 0.1) is 0 Å². The Hall–Kier alpha value is -1.83. The molecule has 0 fully saturated rings. The molecule has 1 aromatic carbocycles. The third kappa shape index (κ3) is 3.27. The molecule has 0 heterocycles. The Balaban J connectivity index is 2.56. The predicted octanol–water partition coefficient (Wildman–Crippen LogP) is 2.73. The molecule has 72 valence electrons. The average molecular weight is 188 g/mol. The van der Waals surface area contributed by atoms with E-state index in [1.54, 1.807) is 6.08 Å². The summed E-state index contributed by atoms with van der Waals surface area (Å²) in [5.74, 6) is -0.925. The van der Waals surface area contributed by atoms with Gasteiger partial charge in [-0.25, -0.2) is 4.79 Å². The van der Waals surface area contributed by atoms with Crippen LogP contribution < -0.4 is 0 Å². The summed E-state index contributed by atoms with van der Waals surface area (Å²) < 4.78 is 0. The third-order valence-corrected chi connectivity index (χ3v) is 1.81. The van der Waals surface area contributed by atoms with E-state index in [2.05, 4.69) is 6.58 Å². The van der Waals surface area contributed by atoms with Gasteiger partial charge in [-0.15, -0.1) is 0 Å². The second-order valence-electron chi connectivity index (χ2n) is 2.91. The highest BCUT2D eigenvalue weighted by Crippen LogP contribution is 2.15. The Kier molecular flexibility index (Phi) is 3.68. The van der Waals surface area contributed by atoms with E-state index in [1.165, 1.54) is 0 Å². The Labute approximate surface area is 83.2 Å². The minimum Gasteiger partial charge on any atom is -0.478 e. The first-order chi connectivity index (χ1) is 6.70. The number of carboxylic acids is 1. The lowest BCUT2D eigenvalue weighted by Crippen LogP contribution is -1.86. The van der Waals surface area contributed by atoms with Crippen LogP contribution >= 0.6 is 0 Å². The van der Waals surface area contributed by atoms with Crippen molar-refractivity contribution in [3.8, 4) is 0 Å². The molecule has 0 radical (unpaired) electrons. The molecule has 14 heavy (non-hydrogen) atoms. The summed E-state index contributed by atoms with van der Waals surface area (Å²) >= 11 is 0. The van der Waals surface area contributed by atoms with E-state index in [0.717, 1.165) is 17.2 Å². The van der Waals surface area contributed by atoms with Crippen LogP contribution in [-0.4, -0.2) is 11.1 Å². The Bertz CT molecular complexity index is 350. The van der Waals surface area contributed by atoms with Crippen molar-refractivity contribution in [2.75, 3.05) is 0 Å². The van der Waals surface area contributed by atoms with Gasteiger partial charge < -0.3 is 5.11 Å². The van der Waals surface area contributed by atoms with Gasteiger partial charge in [-0.3, -0.25) is 0 Å². The minimum absolute atomic E-state index is 0.566. The SMILES string of the molecule is C=C(CC=CC(=O)O)c1ccccc1. The molecule has 0 unspecified atom stereocenters. The van der Waals surface area contributed by atoms with Crippen LogP contribution in [0.4, 0.5) is 0 Å². The van der Waals surface area contributed by atoms with E-state index in [1.807, 2.05) is 30.3 Å². The van der Waals surface area contributed by atoms with Crippen LogP contribution in [0.5, 0.6) is 0 Å². The molecule has 0 saturated carbocycles. The predicted molar refractivity (Wildman–Crippen MR) is 56.9 cm³/mol. The summed E-state index contributed by atoms with van der Waals surface area (Å²) in [6.45, 7) is 3.88. The topological polar surface area (TPSA) is 37.3 Å². The average Bonchev–Trinajstić information content (AvgIpc) is 2.18. The Morgan fingerprint density at radius 3 is 2.57 bits per heavy atom. The smallest absolute Gasteiger partial charge is 0.327 e. The van der Waals surface area contributed by atoms with Crippen LogP contribution in [-0.2, 0) is 4.79 Å². The molecule has 0 saturated heterocycles. The standard InChI is InChI=1S/C12H12O2/c1-10(6-5-9-12(13)14)11-7-3-2-4-8-11/h2-5,7-9H,1,6H2,(H,13,14). The van der Waals surface area contributed by atoms with Gasteiger partial charge in [0.2, 0.25) is 0 Å². The zero-order valence-electron chi connectivity index (χ0n) is 7.81. The molecule has 2 nitrogen and oxygen atoms in total. The molecule has 0 aliphatic carbocycles. The lowest BCUT2D eigenvalue weighted by atomic mass is 10.0. The van der Waals surface area contributed by atoms with Gasteiger partial charge >= 0.3 is 5.97 Å². The van der Waals surface area contributed by atoms with Crippen LogP contribution in [0.3, 0.4) is 0 Å². The number of aliphatic carboxylic acids is 1. The fourth-order valence-electron chi connectivity index (χ4n) is 1.09. The molecule has 0 spiro atoms. The summed E-state index contributed by atoms with van der Waals surface area (Å²) in [5.41, 5.74) is 1.96. The monoisotopic (exact) mass is 188 g/mol. The quantitative estimate of drug-likeness (QED) is 0.737. The maximum Gasteiger partial charge on any atom is 0.327 e. The summed E-state index contributed by atoms with van der Waals surface area (Å²) in [5, 5.41) is 8.38. The zero-order valence-corrected chi connectivity index (χ0v) is 7.81. The van der Waals surface area contributed by atoms with Crippen molar-refractivity contribution in [3.05, 3.63) is 54.6 Å². The molecule has 0 amide bonds. The zero-order chi connectivity index (χ0) is 10.4. The number of hydrogen-bond acceptors (Lipinski definition) is 1. The molecule has 0 atom stereocenters. The molecule has 0 bridgehead atoms. The first-order valence-electron chi connectivity index (χ1n) is 4.33. The first-order valence-corrected chi connectivity index (χ1v) is 4.33. The van der Waals surface area contributed by atoms with Crippen LogP contribution in [0.1, 0.15) is 12.0 Å². The number of allylic oxidation sites excluding steroid dienone is 2. The van der Waals surface area contributed by atoms with Crippen LogP contribution in [0.25, 0.3) is 5.57 Å². The van der Waals surface area contributed by atoms with Gasteiger partial charge in [0, 0.05) is 6.08 Å².